The number of allylic oxidation sites excluding steroid dienone is 6. The Hall–Kier alpha value is -1.59. The summed E-state index contributed by atoms with van der Waals surface area (Å²) in [4.78, 5) is 13.1. The van der Waals surface area contributed by atoms with E-state index in [1.54, 1.807) is 0 Å². The molecule has 1 fully saturated rings. The van der Waals surface area contributed by atoms with Crippen LogP contribution in [0.2, 0.25) is 0 Å². The topological polar surface area (TPSA) is 149 Å². The second-order valence-electron chi connectivity index (χ2n) is 24.0. The van der Waals surface area contributed by atoms with Gasteiger partial charge in [-0.15, -0.1) is 0 Å². The number of nitrogens with one attached hydrogen (secondary N) is 1. The third-order valence-electron chi connectivity index (χ3n) is 16.5. The van der Waals surface area contributed by atoms with E-state index in [-0.39, 0.29) is 12.5 Å². The second kappa shape index (κ2) is 58.6. The number of ether oxygens (including phenoxy) is 2. The van der Waals surface area contributed by atoms with Gasteiger partial charge in [-0.25, -0.2) is 0 Å². The first-order valence-corrected chi connectivity index (χ1v) is 34.2. The number of carbonyl (C=O) groups is 1. The van der Waals surface area contributed by atoms with E-state index in [1.807, 2.05) is 0 Å². The lowest BCUT2D eigenvalue weighted by atomic mass is 9.99. The molecule has 0 spiro atoms. The summed E-state index contributed by atoms with van der Waals surface area (Å²) in [5.41, 5.74) is 0. The molecule has 6 N–H and O–H groups in total. The van der Waals surface area contributed by atoms with Gasteiger partial charge in [0.15, 0.2) is 6.29 Å². The average molecular weight is 1100 g/mol. The van der Waals surface area contributed by atoms with Gasteiger partial charge >= 0.3 is 0 Å². The number of aliphatic hydroxyl groups excluding tert-OH is 5. The van der Waals surface area contributed by atoms with Crippen LogP contribution in [0, 0.1) is 0 Å². The Morgan fingerprint density at radius 3 is 1.12 bits per heavy atom. The first-order valence-electron chi connectivity index (χ1n) is 34.2. The lowest BCUT2D eigenvalue weighted by Crippen LogP contribution is -2.60. The molecule has 1 saturated heterocycles. The van der Waals surface area contributed by atoms with Gasteiger partial charge in [0.25, 0.3) is 0 Å². The molecule has 7 atom stereocenters. The first kappa shape index (κ1) is 74.4. The van der Waals surface area contributed by atoms with E-state index >= 15 is 0 Å². The average Bonchev–Trinajstić information content (AvgIpc) is 3.45. The van der Waals surface area contributed by atoms with Crippen LogP contribution in [0.4, 0.5) is 0 Å². The molecule has 0 aliphatic carbocycles. The molecular weight excluding hydrogens is 971 g/mol. The molecule has 0 aromatic rings. The van der Waals surface area contributed by atoms with Crippen molar-refractivity contribution in [2.75, 3.05) is 13.2 Å². The highest BCUT2D eigenvalue weighted by Gasteiger charge is 2.44. The molecule has 0 saturated carbocycles. The Balaban J connectivity index is 2.08. The molecule has 78 heavy (non-hydrogen) atoms. The highest BCUT2D eigenvalue weighted by molar-refractivity contribution is 5.76. The van der Waals surface area contributed by atoms with Crippen LogP contribution in [0.3, 0.4) is 0 Å². The number of rotatable bonds is 60. The van der Waals surface area contributed by atoms with Crippen LogP contribution >= 0.6 is 0 Å². The fourth-order valence-corrected chi connectivity index (χ4v) is 11.1. The van der Waals surface area contributed by atoms with Gasteiger partial charge in [0.05, 0.1) is 25.4 Å². The molecule has 9 nitrogen and oxygen atoms in total. The van der Waals surface area contributed by atoms with E-state index in [4.69, 9.17) is 9.47 Å². The van der Waals surface area contributed by atoms with Gasteiger partial charge in [-0.3, -0.25) is 4.79 Å². The summed E-state index contributed by atoms with van der Waals surface area (Å²) < 4.78 is 11.4. The van der Waals surface area contributed by atoms with Crippen LogP contribution in [-0.4, -0.2) is 87.5 Å². The van der Waals surface area contributed by atoms with Crippen molar-refractivity contribution in [3.8, 4) is 0 Å². The Labute approximate surface area is 482 Å². The smallest absolute Gasteiger partial charge is 0.220 e. The molecule has 7 unspecified atom stereocenters. The molecule has 0 aromatic carbocycles. The van der Waals surface area contributed by atoms with Gasteiger partial charge in [-0.05, 0) is 51.4 Å². The molecule has 1 heterocycles. The zero-order valence-electron chi connectivity index (χ0n) is 51.4. The highest BCUT2D eigenvalue weighted by atomic mass is 16.7. The molecule has 1 amide bonds. The maximum Gasteiger partial charge on any atom is 0.220 e. The van der Waals surface area contributed by atoms with Crippen molar-refractivity contribution >= 4 is 5.91 Å². The van der Waals surface area contributed by atoms with Gasteiger partial charge in [0, 0.05) is 6.42 Å². The van der Waals surface area contributed by atoms with Gasteiger partial charge in [0.2, 0.25) is 5.91 Å². The predicted octanol–water partition coefficient (Wildman–Crippen LogP) is 18.3. The third kappa shape index (κ3) is 47.0. The van der Waals surface area contributed by atoms with E-state index < -0.39 is 49.5 Å². The Morgan fingerprint density at radius 1 is 0.436 bits per heavy atom. The highest BCUT2D eigenvalue weighted by Crippen LogP contribution is 2.24. The summed E-state index contributed by atoms with van der Waals surface area (Å²) in [6, 6.07) is -0.718. The van der Waals surface area contributed by atoms with Crippen LogP contribution in [0.25, 0.3) is 0 Å². The largest absolute Gasteiger partial charge is 0.394 e. The molecule has 9 heteroatoms. The van der Waals surface area contributed by atoms with Crippen LogP contribution in [0.5, 0.6) is 0 Å². The van der Waals surface area contributed by atoms with Crippen molar-refractivity contribution in [3.05, 3.63) is 36.5 Å². The number of carbonyl (C=O) groups excluding carboxylic acids is 1. The van der Waals surface area contributed by atoms with Gasteiger partial charge in [-0.1, -0.05) is 320 Å². The lowest BCUT2D eigenvalue weighted by Gasteiger charge is -2.40. The summed E-state index contributed by atoms with van der Waals surface area (Å²) in [6.07, 6.45) is 70.6. The zero-order valence-corrected chi connectivity index (χ0v) is 51.4. The number of hydrogen-bond donors (Lipinski definition) is 6. The molecule has 1 aliphatic heterocycles. The van der Waals surface area contributed by atoms with Gasteiger partial charge < -0.3 is 40.3 Å². The fraction of sp³-hybridized carbons (Fsp3) is 0.899. The molecule has 1 rings (SSSR count). The minimum atomic E-state index is -1.55. The number of aliphatic hydroxyl groups is 5. The Bertz CT molecular complexity index is 1320. The van der Waals surface area contributed by atoms with Crippen LogP contribution in [0.15, 0.2) is 36.5 Å². The standard InChI is InChI=1S/C69H131NO8/c1-3-5-7-9-11-13-15-17-19-21-23-25-26-27-28-29-30-31-32-33-34-35-36-37-38-39-41-43-45-47-49-51-53-55-57-59-65(73)70-62(61-77-69-68(76)67(75)66(74)64(60-71)78-69)63(72)58-56-54-52-50-48-46-44-42-40-24-22-20-18-16-14-12-10-8-6-4-2/h15,17,21,23,26-27,62-64,66-69,71-72,74-76H,3-14,16,18-20,22,24-25,28-61H2,1-2H3,(H,70,73)/b17-15-,23-21-,27-26-. The molecular formula is C69H131NO8. The van der Waals surface area contributed by atoms with Gasteiger partial charge in [-0.2, -0.15) is 0 Å². The molecule has 0 radical (unpaired) electrons. The van der Waals surface area contributed by atoms with Crippen molar-refractivity contribution in [2.45, 2.75) is 384 Å². The molecule has 1 aliphatic rings. The molecule has 0 aromatic heterocycles. The quantitative estimate of drug-likeness (QED) is 0.0261. The van der Waals surface area contributed by atoms with E-state index in [0.717, 1.165) is 51.4 Å². The summed E-state index contributed by atoms with van der Waals surface area (Å²) in [6.45, 7) is 3.87. The minimum Gasteiger partial charge on any atom is -0.394 e. The van der Waals surface area contributed by atoms with Crippen LogP contribution in [-0.2, 0) is 14.3 Å². The molecule has 460 valence electrons. The normalized spacial score (nSPS) is 18.8. The van der Waals surface area contributed by atoms with E-state index in [9.17, 15) is 30.3 Å². The maximum absolute atomic E-state index is 13.1. The zero-order chi connectivity index (χ0) is 56.5. The number of amides is 1. The van der Waals surface area contributed by atoms with Crippen molar-refractivity contribution in [2.24, 2.45) is 0 Å². The summed E-state index contributed by atoms with van der Waals surface area (Å²) >= 11 is 0. The molecule has 0 bridgehead atoms. The van der Waals surface area contributed by atoms with Crippen molar-refractivity contribution in [1.82, 2.24) is 5.32 Å². The van der Waals surface area contributed by atoms with E-state index in [2.05, 4.69) is 55.6 Å². The fourth-order valence-electron chi connectivity index (χ4n) is 11.1. The predicted molar refractivity (Wildman–Crippen MR) is 332 cm³/mol. The lowest BCUT2D eigenvalue weighted by molar-refractivity contribution is -0.302. The second-order valence-corrected chi connectivity index (χ2v) is 24.0. The minimum absolute atomic E-state index is 0.134. The Morgan fingerprint density at radius 2 is 0.756 bits per heavy atom. The van der Waals surface area contributed by atoms with Crippen molar-refractivity contribution in [3.63, 3.8) is 0 Å². The van der Waals surface area contributed by atoms with Crippen LogP contribution in [0.1, 0.15) is 341 Å². The van der Waals surface area contributed by atoms with Crippen LogP contribution < -0.4 is 5.32 Å². The monoisotopic (exact) mass is 1100 g/mol. The number of unbranched alkanes of at least 4 members (excludes halogenated alkanes) is 44. The van der Waals surface area contributed by atoms with Crippen molar-refractivity contribution < 1.29 is 39.8 Å². The van der Waals surface area contributed by atoms with Crippen molar-refractivity contribution in [1.29, 1.82) is 0 Å². The summed E-state index contributed by atoms with van der Waals surface area (Å²) in [7, 11) is 0. The number of hydrogen-bond acceptors (Lipinski definition) is 8. The Kier molecular flexibility index (Phi) is 55.9. The van der Waals surface area contributed by atoms with E-state index in [0.29, 0.717) is 12.8 Å². The summed E-state index contributed by atoms with van der Waals surface area (Å²) in [5, 5.41) is 54.9. The SMILES string of the molecule is CCCCCCC/C=C\C/C=C\C/C=C\CCCCCCCCCCCCCCCCCCCCCCC(=O)NC(COC1OC(CO)C(O)C(O)C1O)C(O)CCCCCCCCCCCCCCCCCCCCCC. The summed E-state index contributed by atoms with van der Waals surface area (Å²) in [5.74, 6) is -0.137. The maximum atomic E-state index is 13.1. The van der Waals surface area contributed by atoms with Gasteiger partial charge in [0.1, 0.15) is 24.4 Å². The first-order chi connectivity index (χ1) is 38.3. The van der Waals surface area contributed by atoms with E-state index in [1.165, 1.54) is 263 Å². The third-order valence-corrected chi connectivity index (χ3v) is 16.5.